The van der Waals surface area contributed by atoms with Gasteiger partial charge in [0.2, 0.25) is 5.91 Å². The predicted octanol–water partition coefficient (Wildman–Crippen LogP) is 4.24. The summed E-state index contributed by atoms with van der Waals surface area (Å²) in [5.74, 6) is -0.0332. The molecule has 0 fully saturated rings. The SMILES string of the molecule is O=C(CC(c1ccccc1)c1ccccc1)NC[C@]1(O)CCc2ccccc2C1. The van der Waals surface area contributed by atoms with Crippen LogP contribution < -0.4 is 5.32 Å². The van der Waals surface area contributed by atoms with Gasteiger partial charge in [-0.2, -0.15) is 0 Å². The summed E-state index contributed by atoms with van der Waals surface area (Å²) < 4.78 is 0. The molecule has 3 aromatic rings. The Morgan fingerprint density at radius 1 is 0.862 bits per heavy atom. The molecule has 0 aromatic heterocycles. The molecule has 0 spiro atoms. The first-order valence-corrected chi connectivity index (χ1v) is 10.3. The van der Waals surface area contributed by atoms with Gasteiger partial charge in [-0.05, 0) is 35.1 Å². The Balaban J connectivity index is 1.42. The number of hydrogen-bond acceptors (Lipinski definition) is 2. The molecule has 0 saturated carbocycles. The van der Waals surface area contributed by atoms with Gasteiger partial charge in [0.15, 0.2) is 0 Å². The maximum absolute atomic E-state index is 12.8. The average Bonchev–Trinajstić information content (AvgIpc) is 2.77. The van der Waals surface area contributed by atoms with Crippen molar-refractivity contribution in [2.24, 2.45) is 0 Å². The van der Waals surface area contributed by atoms with Gasteiger partial charge in [0.1, 0.15) is 0 Å². The summed E-state index contributed by atoms with van der Waals surface area (Å²) in [4.78, 5) is 12.8. The van der Waals surface area contributed by atoms with E-state index in [-0.39, 0.29) is 18.4 Å². The third kappa shape index (κ3) is 4.75. The maximum atomic E-state index is 12.8. The van der Waals surface area contributed by atoms with Crippen LogP contribution in [0.3, 0.4) is 0 Å². The fourth-order valence-electron chi connectivity index (χ4n) is 4.25. The van der Waals surface area contributed by atoms with Crippen LogP contribution in [0.1, 0.15) is 41.0 Å². The molecule has 3 nitrogen and oxygen atoms in total. The number of carbonyl (C=O) groups excluding carboxylic acids is 1. The lowest BCUT2D eigenvalue weighted by Crippen LogP contribution is -2.47. The van der Waals surface area contributed by atoms with Gasteiger partial charge >= 0.3 is 0 Å². The van der Waals surface area contributed by atoms with Gasteiger partial charge in [-0.15, -0.1) is 0 Å². The second kappa shape index (κ2) is 8.62. The molecular weight excluding hydrogens is 358 g/mol. The van der Waals surface area contributed by atoms with Crippen molar-refractivity contribution in [2.45, 2.75) is 37.2 Å². The standard InChI is InChI=1S/C26H27NO2/c28-25(27-19-26(29)16-15-20-9-7-8-14-23(20)18-26)17-24(21-10-3-1-4-11-21)22-12-5-2-6-13-22/h1-14,24,29H,15-19H2,(H,27,28)/t26-/m0/s1. The van der Waals surface area contributed by atoms with Crippen LogP contribution >= 0.6 is 0 Å². The molecule has 2 N–H and O–H groups in total. The zero-order valence-corrected chi connectivity index (χ0v) is 16.6. The van der Waals surface area contributed by atoms with Crippen LogP contribution in [0, 0.1) is 0 Å². The monoisotopic (exact) mass is 385 g/mol. The Hall–Kier alpha value is -2.91. The molecule has 0 aliphatic heterocycles. The van der Waals surface area contributed by atoms with E-state index in [0.29, 0.717) is 19.3 Å². The Bertz CT molecular complexity index is 915. The summed E-state index contributed by atoms with van der Waals surface area (Å²) >= 11 is 0. The van der Waals surface area contributed by atoms with Gasteiger partial charge in [-0.25, -0.2) is 0 Å². The van der Waals surface area contributed by atoms with Gasteiger partial charge in [0.25, 0.3) is 0 Å². The third-order valence-corrected chi connectivity index (χ3v) is 5.91. The maximum Gasteiger partial charge on any atom is 0.221 e. The van der Waals surface area contributed by atoms with Crippen molar-refractivity contribution >= 4 is 5.91 Å². The molecule has 1 aliphatic carbocycles. The second-order valence-electron chi connectivity index (χ2n) is 8.02. The van der Waals surface area contributed by atoms with E-state index in [4.69, 9.17) is 0 Å². The zero-order valence-electron chi connectivity index (χ0n) is 16.6. The highest BCUT2D eigenvalue weighted by molar-refractivity contribution is 5.77. The number of aliphatic hydroxyl groups is 1. The smallest absolute Gasteiger partial charge is 0.221 e. The molecule has 0 bridgehead atoms. The first-order chi connectivity index (χ1) is 14.1. The van der Waals surface area contributed by atoms with E-state index in [1.54, 1.807) is 0 Å². The topological polar surface area (TPSA) is 49.3 Å². The number of rotatable bonds is 6. The highest BCUT2D eigenvalue weighted by Crippen LogP contribution is 2.30. The largest absolute Gasteiger partial charge is 0.388 e. The summed E-state index contributed by atoms with van der Waals surface area (Å²) in [6, 6.07) is 28.5. The Morgan fingerprint density at radius 3 is 2.03 bits per heavy atom. The normalized spacial score (nSPS) is 18.3. The molecule has 0 unspecified atom stereocenters. The minimum absolute atomic E-state index is 0.000810. The number of fused-ring (bicyclic) bond motifs is 1. The van der Waals surface area contributed by atoms with Crippen LogP contribution in [0.4, 0.5) is 0 Å². The van der Waals surface area contributed by atoms with E-state index >= 15 is 0 Å². The van der Waals surface area contributed by atoms with Crippen LogP contribution in [0.2, 0.25) is 0 Å². The van der Waals surface area contributed by atoms with Crippen LogP contribution in [-0.4, -0.2) is 23.2 Å². The first kappa shape index (κ1) is 19.4. The predicted molar refractivity (Wildman–Crippen MR) is 116 cm³/mol. The summed E-state index contributed by atoms with van der Waals surface area (Å²) in [6.07, 6.45) is 2.47. The van der Waals surface area contributed by atoms with Crippen LogP contribution in [0.5, 0.6) is 0 Å². The summed E-state index contributed by atoms with van der Waals surface area (Å²) in [5.41, 5.74) is 3.86. The Morgan fingerprint density at radius 2 is 1.41 bits per heavy atom. The minimum Gasteiger partial charge on any atom is -0.388 e. The van der Waals surface area contributed by atoms with E-state index in [1.807, 2.05) is 48.5 Å². The van der Waals surface area contributed by atoms with E-state index < -0.39 is 5.60 Å². The van der Waals surface area contributed by atoms with Gasteiger partial charge in [-0.3, -0.25) is 4.79 Å². The first-order valence-electron chi connectivity index (χ1n) is 10.3. The van der Waals surface area contributed by atoms with E-state index in [2.05, 4.69) is 41.7 Å². The molecule has 4 rings (SSSR count). The fourth-order valence-corrected chi connectivity index (χ4v) is 4.25. The van der Waals surface area contributed by atoms with Crippen molar-refractivity contribution in [2.75, 3.05) is 6.54 Å². The van der Waals surface area contributed by atoms with E-state index in [1.165, 1.54) is 11.1 Å². The average molecular weight is 386 g/mol. The number of benzene rings is 3. The van der Waals surface area contributed by atoms with Crippen molar-refractivity contribution in [3.63, 3.8) is 0 Å². The molecule has 29 heavy (non-hydrogen) atoms. The van der Waals surface area contributed by atoms with Crippen molar-refractivity contribution in [3.05, 3.63) is 107 Å². The number of hydrogen-bond donors (Lipinski definition) is 2. The molecule has 0 heterocycles. The van der Waals surface area contributed by atoms with Crippen LogP contribution in [0.15, 0.2) is 84.9 Å². The number of amides is 1. The molecule has 3 heteroatoms. The molecule has 148 valence electrons. The molecular formula is C26H27NO2. The summed E-state index contributed by atoms with van der Waals surface area (Å²) in [7, 11) is 0. The zero-order chi connectivity index (χ0) is 20.1. The molecule has 0 radical (unpaired) electrons. The van der Waals surface area contributed by atoms with Crippen molar-refractivity contribution in [1.82, 2.24) is 5.32 Å². The molecule has 1 atom stereocenters. The number of nitrogens with one attached hydrogen (secondary N) is 1. The van der Waals surface area contributed by atoms with Crippen LogP contribution in [0.25, 0.3) is 0 Å². The number of aryl methyl sites for hydroxylation is 1. The lowest BCUT2D eigenvalue weighted by molar-refractivity contribution is -0.122. The Labute approximate surface area is 172 Å². The summed E-state index contributed by atoms with van der Waals surface area (Å²) in [5, 5.41) is 14.0. The molecule has 3 aromatic carbocycles. The van der Waals surface area contributed by atoms with E-state index in [9.17, 15) is 9.90 Å². The van der Waals surface area contributed by atoms with Crippen molar-refractivity contribution < 1.29 is 9.90 Å². The number of carbonyl (C=O) groups is 1. The molecule has 1 amide bonds. The highest BCUT2D eigenvalue weighted by atomic mass is 16.3. The minimum atomic E-state index is -0.876. The molecule has 1 aliphatic rings. The van der Waals surface area contributed by atoms with Gasteiger partial charge in [0.05, 0.1) is 5.60 Å². The van der Waals surface area contributed by atoms with E-state index in [0.717, 1.165) is 17.5 Å². The van der Waals surface area contributed by atoms with Gasteiger partial charge in [0, 0.05) is 25.3 Å². The van der Waals surface area contributed by atoms with Gasteiger partial charge < -0.3 is 10.4 Å². The lowest BCUT2D eigenvalue weighted by Gasteiger charge is -2.33. The van der Waals surface area contributed by atoms with Crippen LogP contribution in [-0.2, 0) is 17.6 Å². The second-order valence-corrected chi connectivity index (χ2v) is 8.02. The van der Waals surface area contributed by atoms with Crippen molar-refractivity contribution in [1.29, 1.82) is 0 Å². The van der Waals surface area contributed by atoms with Crippen molar-refractivity contribution in [3.8, 4) is 0 Å². The molecule has 0 saturated heterocycles. The Kier molecular flexibility index (Phi) is 5.77. The van der Waals surface area contributed by atoms with Gasteiger partial charge in [-0.1, -0.05) is 84.9 Å². The quantitative estimate of drug-likeness (QED) is 0.667. The summed E-state index contributed by atoms with van der Waals surface area (Å²) in [6.45, 7) is 0.288. The third-order valence-electron chi connectivity index (χ3n) is 5.91. The lowest BCUT2D eigenvalue weighted by atomic mass is 9.80. The fraction of sp³-hybridized carbons (Fsp3) is 0.269. The highest BCUT2D eigenvalue weighted by Gasteiger charge is 2.32.